The summed E-state index contributed by atoms with van der Waals surface area (Å²) in [6, 6.07) is 15.0. The Labute approximate surface area is 161 Å². The van der Waals surface area contributed by atoms with Crippen LogP contribution in [0.5, 0.6) is 0 Å². The maximum Gasteiger partial charge on any atom is 0.265 e. The highest BCUT2D eigenvalue weighted by atomic mass is 35.5. The van der Waals surface area contributed by atoms with Crippen LogP contribution < -0.4 is 5.32 Å². The molecule has 0 bridgehead atoms. The van der Waals surface area contributed by atoms with Crippen LogP contribution in [0.2, 0.25) is 5.02 Å². The lowest BCUT2D eigenvalue weighted by molar-refractivity contribution is -0.128. The van der Waals surface area contributed by atoms with Gasteiger partial charge in [0.15, 0.2) is 5.11 Å². The third kappa shape index (κ3) is 3.74. The predicted molar refractivity (Wildman–Crippen MR) is 108 cm³/mol. The molecular formula is C20H15ClN2O2S. The van der Waals surface area contributed by atoms with Crippen molar-refractivity contribution < 1.29 is 9.59 Å². The lowest BCUT2D eigenvalue weighted by Gasteiger charge is -2.27. The topological polar surface area (TPSA) is 49.4 Å². The number of rotatable bonds is 4. The van der Waals surface area contributed by atoms with Crippen LogP contribution in [0, 0.1) is 0 Å². The van der Waals surface area contributed by atoms with Gasteiger partial charge in [-0.05, 0) is 53.2 Å². The van der Waals surface area contributed by atoms with E-state index in [1.165, 1.54) is 4.90 Å². The van der Waals surface area contributed by atoms with Crippen LogP contribution >= 0.6 is 23.8 Å². The number of amides is 2. The van der Waals surface area contributed by atoms with Crippen molar-refractivity contribution in [3.05, 3.63) is 77.3 Å². The van der Waals surface area contributed by atoms with E-state index in [2.05, 4.69) is 11.9 Å². The van der Waals surface area contributed by atoms with Crippen LogP contribution in [0.15, 0.2) is 66.8 Å². The van der Waals surface area contributed by atoms with Crippen LogP contribution in [-0.2, 0) is 9.59 Å². The Hall–Kier alpha value is -2.76. The zero-order valence-corrected chi connectivity index (χ0v) is 15.3. The average Bonchev–Trinajstić information content (AvgIpc) is 2.62. The van der Waals surface area contributed by atoms with E-state index in [4.69, 9.17) is 23.8 Å². The van der Waals surface area contributed by atoms with Gasteiger partial charge in [0, 0.05) is 11.6 Å². The van der Waals surface area contributed by atoms with Gasteiger partial charge in [-0.1, -0.05) is 48.0 Å². The zero-order chi connectivity index (χ0) is 18.7. The second kappa shape index (κ2) is 7.64. The summed E-state index contributed by atoms with van der Waals surface area (Å²) in [6.07, 6.45) is 3.11. The number of hydrogen-bond acceptors (Lipinski definition) is 3. The second-order valence-electron chi connectivity index (χ2n) is 5.66. The van der Waals surface area contributed by atoms with E-state index in [-0.39, 0.29) is 17.2 Å². The molecule has 1 heterocycles. The highest BCUT2D eigenvalue weighted by Crippen LogP contribution is 2.25. The number of carbonyl (C=O) groups excluding carboxylic acids is 2. The van der Waals surface area contributed by atoms with Crippen LogP contribution in [0.25, 0.3) is 17.2 Å². The van der Waals surface area contributed by atoms with E-state index >= 15 is 0 Å². The normalized spacial score (nSPS) is 16.0. The lowest BCUT2D eigenvalue weighted by atomic mass is 10.0. The quantitative estimate of drug-likeness (QED) is 0.378. The number of halogens is 1. The molecule has 1 saturated heterocycles. The smallest absolute Gasteiger partial charge is 0.265 e. The summed E-state index contributed by atoms with van der Waals surface area (Å²) >= 11 is 11.1. The standard InChI is InChI=1S/C20H15ClN2O2S/c1-2-9-23-19(25)17(18(24)22-20(23)26)11-13-5-3-6-14(10-13)15-7-4-8-16(21)12-15/h2-8,10-12H,1,9H2,(H,22,24,26). The van der Waals surface area contributed by atoms with Crippen LogP contribution in [-0.4, -0.2) is 28.4 Å². The molecule has 0 spiro atoms. The summed E-state index contributed by atoms with van der Waals surface area (Å²) in [4.78, 5) is 26.1. The van der Waals surface area contributed by atoms with Crippen molar-refractivity contribution in [2.75, 3.05) is 6.54 Å². The Morgan fingerprint density at radius 1 is 1.12 bits per heavy atom. The fourth-order valence-corrected chi connectivity index (χ4v) is 3.07. The molecule has 26 heavy (non-hydrogen) atoms. The van der Waals surface area contributed by atoms with Crippen LogP contribution in [0.3, 0.4) is 0 Å². The number of nitrogens with zero attached hydrogens (tertiary/aromatic N) is 1. The van der Waals surface area contributed by atoms with Crippen molar-refractivity contribution in [2.24, 2.45) is 0 Å². The molecule has 3 rings (SSSR count). The molecule has 1 aliphatic rings. The van der Waals surface area contributed by atoms with Crippen molar-refractivity contribution in [1.29, 1.82) is 0 Å². The SMILES string of the molecule is C=CCN1C(=O)C(=Cc2cccc(-c3cccc(Cl)c3)c2)C(=O)NC1=S. The number of nitrogens with one attached hydrogen (secondary N) is 1. The fraction of sp³-hybridized carbons (Fsp3) is 0.0500. The second-order valence-corrected chi connectivity index (χ2v) is 6.48. The number of benzene rings is 2. The fourth-order valence-electron chi connectivity index (χ4n) is 2.63. The minimum atomic E-state index is -0.506. The number of carbonyl (C=O) groups is 2. The molecule has 2 amide bonds. The van der Waals surface area contributed by atoms with Gasteiger partial charge in [-0.2, -0.15) is 0 Å². The summed E-state index contributed by atoms with van der Waals surface area (Å²) in [6.45, 7) is 3.84. The largest absolute Gasteiger partial charge is 0.298 e. The third-order valence-electron chi connectivity index (χ3n) is 3.85. The Morgan fingerprint density at radius 3 is 2.50 bits per heavy atom. The molecule has 0 atom stereocenters. The molecule has 130 valence electrons. The summed E-state index contributed by atoms with van der Waals surface area (Å²) in [7, 11) is 0. The molecule has 6 heteroatoms. The van der Waals surface area contributed by atoms with Gasteiger partial charge in [-0.25, -0.2) is 0 Å². The summed E-state index contributed by atoms with van der Waals surface area (Å²) in [5.74, 6) is -0.944. The van der Waals surface area contributed by atoms with Crippen LogP contribution in [0.1, 0.15) is 5.56 Å². The number of hydrogen-bond donors (Lipinski definition) is 1. The maximum atomic E-state index is 12.6. The monoisotopic (exact) mass is 382 g/mol. The Kier molecular flexibility index (Phi) is 5.30. The summed E-state index contributed by atoms with van der Waals surface area (Å²) in [5, 5.41) is 3.26. The minimum absolute atomic E-state index is 0.0312. The van der Waals surface area contributed by atoms with Crippen molar-refractivity contribution in [3.8, 4) is 11.1 Å². The Morgan fingerprint density at radius 2 is 1.81 bits per heavy atom. The first-order valence-electron chi connectivity index (χ1n) is 7.85. The molecule has 0 aromatic heterocycles. The summed E-state index contributed by atoms with van der Waals surface area (Å²) < 4.78 is 0. The molecule has 0 unspecified atom stereocenters. The average molecular weight is 383 g/mol. The van der Waals surface area contributed by atoms with Gasteiger partial charge in [0.2, 0.25) is 0 Å². The van der Waals surface area contributed by atoms with Gasteiger partial charge in [-0.15, -0.1) is 6.58 Å². The van der Waals surface area contributed by atoms with E-state index in [1.807, 2.05) is 42.5 Å². The first kappa shape index (κ1) is 18.0. The van der Waals surface area contributed by atoms with Gasteiger partial charge in [0.05, 0.1) is 0 Å². The molecule has 0 aliphatic carbocycles. The van der Waals surface area contributed by atoms with Gasteiger partial charge < -0.3 is 0 Å². The molecule has 2 aromatic rings. The molecule has 1 N–H and O–H groups in total. The molecule has 0 saturated carbocycles. The van der Waals surface area contributed by atoms with E-state index in [1.54, 1.807) is 18.2 Å². The maximum absolute atomic E-state index is 12.6. The third-order valence-corrected chi connectivity index (χ3v) is 4.41. The minimum Gasteiger partial charge on any atom is -0.298 e. The Balaban J connectivity index is 1.97. The molecule has 1 fully saturated rings. The zero-order valence-electron chi connectivity index (χ0n) is 13.7. The van der Waals surface area contributed by atoms with Crippen LogP contribution in [0.4, 0.5) is 0 Å². The van der Waals surface area contributed by atoms with E-state index in [9.17, 15) is 9.59 Å². The van der Waals surface area contributed by atoms with E-state index in [0.717, 1.165) is 16.7 Å². The van der Waals surface area contributed by atoms with Crippen molar-refractivity contribution in [3.63, 3.8) is 0 Å². The van der Waals surface area contributed by atoms with E-state index < -0.39 is 11.8 Å². The Bertz CT molecular complexity index is 952. The first-order valence-corrected chi connectivity index (χ1v) is 8.64. The highest BCUT2D eigenvalue weighted by molar-refractivity contribution is 7.80. The molecular weight excluding hydrogens is 368 g/mol. The van der Waals surface area contributed by atoms with Gasteiger partial charge in [0.1, 0.15) is 5.57 Å². The molecule has 1 aliphatic heterocycles. The van der Waals surface area contributed by atoms with Crippen molar-refractivity contribution >= 4 is 46.8 Å². The van der Waals surface area contributed by atoms with Gasteiger partial charge in [0.25, 0.3) is 11.8 Å². The van der Waals surface area contributed by atoms with Gasteiger partial charge in [-0.3, -0.25) is 19.8 Å². The first-order chi connectivity index (χ1) is 12.5. The molecule has 2 aromatic carbocycles. The lowest BCUT2D eigenvalue weighted by Crippen LogP contribution is -2.53. The van der Waals surface area contributed by atoms with E-state index in [0.29, 0.717) is 5.02 Å². The van der Waals surface area contributed by atoms with Crippen molar-refractivity contribution in [1.82, 2.24) is 10.2 Å². The number of thiocarbonyl (C=S) groups is 1. The predicted octanol–water partition coefficient (Wildman–Crippen LogP) is 3.82. The summed E-state index contributed by atoms with van der Waals surface area (Å²) in [5.41, 5.74) is 2.65. The highest BCUT2D eigenvalue weighted by Gasteiger charge is 2.32. The molecule has 0 radical (unpaired) electrons. The van der Waals surface area contributed by atoms with Crippen molar-refractivity contribution in [2.45, 2.75) is 0 Å². The molecule has 4 nitrogen and oxygen atoms in total. The van der Waals surface area contributed by atoms with Gasteiger partial charge >= 0.3 is 0 Å².